The van der Waals surface area contributed by atoms with Crippen LogP contribution in [0.5, 0.6) is 23.0 Å². The van der Waals surface area contributed by atoms with Gasteiger partial charge in [0.2, 0.25) is 0 Å². The molecule has 6 rings (SSSR count). The summed E-state index contributed by atoms with van der Waals surface area (Å²) in [4.78, 5) is 23.9. The average molecular weight is 837 g/mol. The molecule has 0 aromatic heterocycles. The Morgan fingerprint density at radius 1 is 0.639 bits per heavy atom. The Bertz CT molecular complexity index is 1960. The Hall–Kier alpha value is -5.26. The molecule has 0 heterocycles. The average Bonchev–Trinajstić information content (AvgIpc) is 3.94. The van der Waals surface area contributed by atoms with Crippen molar-refractivity contribution in [1.82, 2.24) is 0 Å². The minimum absolute atomic E-state index is 0.108. The van der Waals surface area contributed by atoms with Gasteiger partial charge in [-0.15, -0.1) is 0 Å². The van der Waals surface area contributed by atoms with Crippen LogP contribution in [0.4, 0.5) is 0 Å². The van der Waals surface area contributed by atoms with E-state index < -0.39 is 18.3 Å². The number of carbonyl (C=O) groups is 2. The van der Waals surface area contributed by atoms with E-state index in [1.54, 1.807) is 38.5 Å². The summed E-state index contributed by atoms with van der Waals surface area (Å²) in [7, 11) is 1.75. The van der Waals surface area contributed by atoms with Crippen LogP contribution in [0.3, 0.4) is 0 Å². The van der Waals surface area contributed by atoms with Crippen LogP contribution >= 0.6 is 0 Å². The third kappa shape index (κ3) is 17.3. The van der Waals surface area contributed by atoms with Crippen LogP contribution in [0, 0.1) is 0 Å². The molecule has 328 valence electrons. The first-order chi connectivity index (χ1) is 29.0. The second kappa shape index (κ2) is 23.7. The number of esters is 2. The van der Waals surface area contributed by atoms with Gasteiger partial charge in [0.25, 0.3) is 0 Å². The number of hydrogen-bond acceptors (Lipinski definition) is 10. The molecule has 4 aromatic carbocycles. The van der Waals surface area contributed by atoms with Crippen molar-refractivity contribution >= 4 is 30.6 Å². The highest BCUT2D eigenvalue weighted by atomic mass is 16.6. The van der Waals surface area contributed by atoms with Crippen LogP contribution in [0.25, 0.3) is 6.08 Å². The monoisotopic (exact) mass is 836 g/mol. The highest BCUT2D eigenvalue weighted by Gasteiger charge is 2.26. The van der Waals surface area contributed by atoms with Crippen LogP contribution in [-0.2, 0) is 19.1 Å². The number of hydrogen-bond donors (Lipinski definition) is 2. The molecule has 2 N–H and O–H groups in total. The van der Waals surface area contributed by atoms with Gasteiger partial charge in [0, 0.05) is 12.0 Å². The molecule has 61 heavy (non-hydrogen) atoms. The number of rotatable bonds is 13. The van der Waals surface area contributed by atoms with Gasteiger partial charge in [0.15, 0.2) is 23.0 Å². The van der Waals surface area contributed by atoms with Crippen LogP contribution in [0.2, 0.25) is 0 Å². The van der Waals surface area contributed by atoms with Gasteiger partial charge < -0.3 is 38.5 Å². The standard InChI is InChI=1S/C25H32O4.C13H16O2.C12H17BO4/c1-25(2,3)29-24(26)17-21(18-10-6-5-7-11-18)19-14-15-22(27-4)23(16-19)28-20-12-8-9-13-20;1-13(2,3)15-12(14)10-9-11-7-5-4-6-8-11;1-16-11-7-6-9(13(14)15)8-12(11)17-10-4-2-3-5-10/h5-7,10-11,14-16,20-21H,8-9,12-13,17H2,1-4H3;4-10H,1-3H3;6-8,10,14-15H,2-5H2,1H3/b;10-9+;/t21-;;/m1../s1. The lowest BCUT2D eigenvalue weighted by Gasteiger charge is -2.24. The molecular formula is C50H65BO10. The van der Waals surface area contributed by atoms with Gasteiger partial charge in [-0.3, -0.25) is 4.79 Å². The zero-order chi connectivity index (χ0) is 44.4. The van der Waals surface area contributed by atoms with E-state index in [-0.39, 0.29) is 36.5 Å². The molecular weight excluding hydrogens is 771 g/mol. The lowest BCUT2D eigenvalue weighted by molar-refractivity contribution is -0.155. The van der Waals surface area contributed by atoms with Gasteiger partial charge in [-0.25, -0.2) is 4.79 Å². The van der Waals surface area contributed by atoms with Crippen LogP contribution in [-0.4, -0.2) is 66.7 Å². The Kier molecular flexibility index (Phi) is 18.8. The van der Waals surface area contributed by atoms with Gasteiger partial charge >= 0.3 is 19.1 Å². The molecule has 2 fully saturated rings. The predicted octanol–water partition coefficient (Wildman–Crippen LogP) is 9.62. The van der Waals surface area contributed by atoms with Crippen molar-refractivity contribution < 1.29 is 48.1 Å². The fraction of sp³-hybridized carbons (Fsp3) is 0.440. The number of carbonyl (C=O) groups excluding carboxylic acids is 2. The summed E-state index contributed by atoms with van der Waals surface area (Å²) in [5.41, 5.74) is 2.57. The summed E-state index contributed by atoms with van der Waals surface area (Å²) in [6.07, 6.45) is 13.0. The highest BCUT2D eigenvalue weighted by Crippen LogP contribution is 2.38. The Morgan fingerprint density at radius 3 is 1.62 bits per heavy atom. The largest absolute Gasteiger partial charge is 0.493 e. The maximum Gasteiger partial charge on any atom is 0.488 e. The van der Waals surface area contributed by atoms with E-state index in [4.69, 9.17) is 38.5 Å². The second-order valence-electron chi connectivity index (χ2n) is 17.3. The first-order valence-electron chi connectivity index (χ1n) is 21.3. The molecule has 2 saturated carbocycles. The first kappa shape index (κ1) is 48.4. The normalized spacial score (nSPS) is 14.8. The van der Waals surface area contributed by atoms with Gasteiger partial charge in [-0.1, -0.05) is 72.8 Å². The number of ether oxygens (including phenoxy) is 6. The van der Waals surface area contributed by atoms with Crippen molar-refractivity contribution in [1.29, 1.82) is 0 Å². The third-order valence-corrected chi connectivity index (χ3v) is 9.88. The molecule has 2 aliphatic rings. The minimum Gasteiger partial charge on any atom is -0.493 e. The van der Waals surface area contributed by atoms with Gasteiger partial charge in [-0.05, 0) is 145 Å². The molecule has 0 radical (unpaired) electrons. The van der Waals surface area contributed by atoms with E-state index in [0.29, 0.717) is 17.0 Å². The molecule has 4 aromatic rings. The molecule has 0 amide bonds. The molecule has 0 spiro atoms. The van der Waals surface area contributed by atoms with E-state index in [2.05, 4.69) is 12.1 Å². The summed E-state index contributed by atoms with van der Waals surface area (Å²) in [6, 6.07) is 30.6. The maximum absolute atomic E-state index is 12.6. The molecule has 2 aliphatic carbocycles. The van der Waals surface area contributed by atoms with Crippen molar-refractivity contribution in [2.24, 2.45) is 0 Å². The van der Waals surface area contributed by atoms with Crippen molar-refractivity contribution in [3.63, 3.8) is 0 Å². The summed E-state index contributed by atoms with van der Waals surface area (Å²) in [6.45, 7) is 11.2. The quantitative estimate of drug-likeness (QED) is 0.0763. The fourth-order valence-corrected chi connectivity index (χ4v) is 7.05. The lowest BCUT2D eigenvalue weighted by Crippen LogP contribution is -2.30. The predicted molar refractivity (Wildman–Crippen MR) is 242 cm³/mol. The lowest BCUT2D eigenvalue weighted by atomic mass is 9.80. The smallest absolute Gasteiger partial charge is 0.488 e. The van der Waals surface area contributed by atoms with E-state index in [1.807, 2.05) is 108 Å². The maximum atomic E-state index is 12.6. The van der Waals surface area contributed by atoms with E-state index in [0.717, 1.165) is 53.9 Å². The molecule has 0 saturated heterocycles. The summed E-state index contributed by atoms with van der Waals surface area (Å²) < 4.78 is 33.6. The van der Waals surface area contributed by atoms with Crippen molar-refractivity contribution in [3.8, 4) is 23.0 Å². The van der Waals surface area contributed by atoms with Gasteiger partial charge in [0.05, 0.1) is 32.8 Å². The summed E-state index contributed by atoms with van der Waals surface area (Å²) in [5, 5.41) is 18.3. The third-order valence-electron chi connectivity index (χ3n) is 9.88. The van der Waals surface area contributed by atoms with E-state index in [9.17, 15) is 9.59 Å². The molecule has 10 nitrogen and oxygen atoms in total. The van der Waals surface area contributed by atoms with Crippen molar-refractivity contribution in [2.45, 2.75) is 129 Å². The zero-order valence-corrected chi connectivity index (χ0v) is 37.2. The van der Waals surface area contributed by atoms with Gasteiger partial charge in [-0.2, -0.15) is 0 Å². The van der Waals surface area contributed by atoms with Crippen LogP contribution in [0.15, 0.2) is 103 Å². The zero-order valence-electron chi connectivity index (χ0n) is 37.2. The molecule has 11 heteroatoms. The molecule has 0 aliphatic heterocycles. The molecule has 0 bridgehead atoms. The minimum atomic E-state index is -1.48. The van der Waals surface area contributed by atoms with Crippen molar-refractivity contribution in [3.05, 3.63) is 120 Å². The van der Waals surface area contributed by atoms with Gasteiger partial charge in [0.1, 0.15) is 11.2 Å². The molecule has 1 atom stereocenters. The summed E-state index contributed by atoms with van der Waals surface area (Å²) in [5.74, 6) is 2.06. The SMILES string of the molecule is CC(C)(C)OC(=O)/C=C/c1ccccc1.COc1ccc(B(O)O)cc1OC1CCCC1.COc1ccc([C@H](CC(=O)OC(C)(C)C)c2ccccc2)cc1OC1CCCC1. The van der Waals surface area contributed by atoms with Crippen molar-refractivity contribution in [2.75, 3.05) is 14.2 Å². The highest BCUT2D eigenvalue weighted by molar-refractivity contribution is 6.58. The first-order valence-corrected chi connectivity index (χ1v) is 21.3. The van der Waals surface area contributed by atoms with Crippen LogP contribution < -0.4 is 24.4 Å². The fourth-order valence-electron chi connectivity index (χ4n) is 7.05. The summed E-state index contributed by atoms with van der Waals surface area (Å²) >= 11 is 0. The molecule has 0 unspecified atom stereocenters. The number of benzene rings is 4. The topological polar surface area (TPSA) is 130 Å². The Labute approximate surface area is 363 Å². The van der Waals surface area contributed by atoms with Crippen LogP contribution in [0.1, 0.15) is 122 Å². The van der Waals surface area contributed by atoms with E-state index >= 15 is 0 Å². The number of methoxy groups -OCH3 is 2. The second-order valence-corrected chi connectivity index (χ2v) is 17.3. The Morgan fingerprint density at radius 2 is 1.13 bits per heavy atom. The van der Waals surface area contributed by atoms with E-state index in [1.165, 1.54) is 31.8 Å². The Balaban J connectivity index is 0.000000218.